The van der Waals surface area contributed by atoms with Crippen LogP contribution >= 0.6 is 11.3 Å². The fourth-order valence-corrected chi connectivity index (χ4v) is 7.20. The van der Waals surface area contributed by atoms with Gasteiger partial charge < -0.3 is 49.1 Å². The van der Waals surface area contributed by atoms with Gasteiger partial charge in [-0.1, -0.05) is 86.4 Å². The number of hydrogen-bond donors (Lipinski definition) is 9. The molecule has 0 bridgehead atoms. The zero-order valence-electron chi connectivity index (χ0n) is 35.7. The summed E-state index contributed by atoms with van der Waals surface area (Å²) in [4.78, 5) is 97.6. The van der Waals surface area contributed by atoms with Crippen LogP contribution in [0.5, 0.6) is 0 Å². The SMILES string of the molecule is CC[C@H](C)[C@H](NC(=O)[C@H](CC(C)C)NC(=O)[C@H](CCCN=C(N)N)NC(=O)CNC(=O)[C@@H](NC(=O)[C@H](CC(C)C)NC(=O)c1cc2ccccc2s1)[C@@H](C)CC)C(N)=O. The molecule has 0 radical (unpaired) electrons. The number of guanidine groups is 1. The Morgan fingerprint density at radius 3 is 1.76 bits per heavy atom. The van der Waals surface area contributed by atoms with Crippen molar-refractivity contribution in [3.05, 3.63) is 35.2 Å². The standard InChI is InChI=1S/C41H66N10O7S/c1-9-24(7)33(35(42)53)50-37(55)28(18-22(3)4)48-36(54)27(15-13-17-45-41(43)44)47-32(52)21-46-40(58)34(25(8)10-2)51-38(56)29(19-23(5)6)49-39(57)31-20-26-14-11-12-16-30(26)59-31/h11-12,14,16,20,22-25,27-29,33-34H,9-10,13,15,17-19,21H2,1-8H3,(H2,42,53)(H,46,58)(H,47,52)(H,48,54)(H,49,57)(H,50,55)(H,51,56)(H4,43,44,45)/t24-,25-,27-,28-,29-,33-,34-/m0/s1. The number of amides is 7. The minimum atomic E-state index is -1.16. The van der Waals surface area contributed by atoms with Gasteiger partial charge >= 0.3 is 0 Å². The third kappa shape index (κ3) is 16.9. The molecule has 0 aliphatic carbocycles. The number of hydrogen-bond acceptors (Lipinski definition) is 9. The van der Waals surface area contributed by atoms with Gasteiger partial charge in [-0.25, -0.2) is 0 Å². The van der Waals surface area contributed by atoms with Gasteiger partial charge in [-0.05, 0) is 66.9 Å². The molecule has 1 aromatic carbocycles. The van der Waals surface area contributed by atoms with Crippen LogP contribution in [0.25, 0.3) is 10.1 Å². The summed E-state index contributed by atoms with van der Waals surface area (Å²) >= 11 is 1.32. The van der Waals surface area contributed by atoms with Crippen LogP contribution in [0.1, 0.15) is 104 Å². The van der Waals surface area contributed by atoms with Gasteiger partial charge in [0.15, 0.2) is 5.96 Å². The van der Waals surface area contributed by atoms with E-state index in [0.29, 0.717) is 24.1 Å². The number of fused-ring (bicyclic) bond motifs is 1. The van der Waals surface area contributed by atoms with E-state index in [1.54, 1.807) is 19.9 Å². The molecule has 18 heteroatoms. The highest BCUT2D eigenvalue weighted by molar-refractivity contribution is 7.20. The van der Waals surface area contributed by atoms with Crippen molar-refractivity contribution in [2.45, 2.75) is 124 Å². The Hall–Kier alpha value is -5.26. The molecule has 0 saturated carbocycles. The van der Waals surface area contributed by atoms with Crippen molar-refractivity contribution in [2.24, 2.45) is 45.9 Å². The van der Waals surface area contributed by atoms with E-state index < -0.39 is 78.1 Å². The first-order valence-electron chi connectivity index (χ1n) is 20.4. The van der Waals surface area contributed by atoms with E-state index in [4.69, 9.17) is 17.2 Å². The maximum atomic E-state index is 13.7. The molecule has 1 aromatic heterocycles. The number of benzene rings is 1. The minimum Gasteiger partial charge on any atom is -0.370 e. The molecule has 2 rings (SSSR count). The molecule has 0 fully saturated rings. The Balaban J connectivity index is 2.20. The van der Waals surface area contributed by atoms with Crippen LogP contribution in [0, 0.1) is 23.7 Å². The van der Waals surface area contributed by atoms with Crippen LogP contribution in [0.2, 0.25) is 0 Å². The number of aliphatic imine (C=N–C) groups is 1. The molecule has 0 aliphatic rings. The summed E-state index contributed by atoms with van der Waals surface area (Å²) in [6.45, 7) is 14.5. The van der Waals surface area contributed by atoms with Gasteiger partial charge in [0.2, 0.25) is 35.4 Å². The minimum absolute atomic E-state index is 0.0319. The first kappa shape index (κ1) is 49.9. The Morgan fingerprint density at radius 2 is 1.22 bits per heavy atom. The van der Waals surface area contributed by atoms with E-state index >= 15 is 0 Å². The number of carbonyl (C=O) groups excluding carboxylic acids is 7. The predicted octanol–water partition coefficient (Wildman–Crippen LogP) is 1.78. The third-order valence-corrected chi connectivity index (χ3v) is 11.1. The first-order valence-corrected chi connectivity index (χ1v) is 21.2. The zero-order valence-corrected chi connectivity index (χ0v) is 36.5. The van der Waals surface area contributed by atoms with Crippen LogP contribution in [-0.2, 0) is 28.8 Å². The Bertz CT molecular complexity index is 1740. The van der Waals surface area contributed by atoms with Crippen LogP contribution in [-0.4, -0.2) is 90.6 Å². The van der Waals surface area contributed by atoms with E-state index in [-0.39, 0.29) is 55.4 Å². The molecular weight excluding hydrogens is 777 g/mol. The van der Waals surface area contributed by atoms with E-state index in [0.717, 1.165) is 10.1 Å². The summed E-state index contributed by atoms with van der Waals surface area (Å²) in [5.41, 5.74) is 16.5. The van der Waals surface area contributed by atoms with Gasteiger partial charge in [0.25, 0.3) is 5.91 Å². The molecule has 328 valence electrons. The maximum Gasteiger partial charge on any atom is 0.262 e. The highest BCUT2D eigenvalue weighted by Crippen LogP contribution is 2.25. The van der Waals surface area contributed by atoms with E-state index in [1.165, 1.54) is 11.3 Å². The summed E-state index contributed by atoms with van der Waals surface area (Å²) in [5.74, 6) is -5.00. The second kappa shape index (κ2) is 24.6. The lowest BCUT2D eigenvalue weighted by Crippen LogP contribution is -2.58. The van der Waals surface area contributed by atoms with Crippen molar-refractivity contribution in [3.63, 3.8) is 0 Å². The Morgan fingerprint density at radius 1 is 0.678 bits per heavy atom. The molecule has 17 nitrogen and oxygen atoms in total. The molecule has 12 N–H and O–H groups in total. The Kier molecular flexibility index (Phi) is 20.8. The van der Waals surface area contributed by atoms with E-state index in [1.807, 2.05) is 65.8 Å². The second-order valence-electron chi connectivity index (χ2n) is 15.9. The normalized spacial score (nSPS) is 14.8. The van der Waals surface area contributed by atoms with Gasteiger partial charge in [-0.3, -0.25) is 38.6 Å². The molecule has 59 heavy (non-hydrogen) atoms. The zero-order chi connectivity index (χ0) is 44.4. The lowest BCUT2D eigenvalue weighted by Gasteiger charge is -2.28. The van der Waals surface area contributed by atoms with Crippen LogP contribution < -0.4 is 49.1 Å². The monoisotopic (exact) mass is 842 g/mol. The average molecular weight is 843 g/mol. The largest absolute Gasteiger partial charge is 0.370 e. The number of carbonyl (C=O) groups is 7. The average Bonchev–Trinajstić information content (AvgIpc) is 3.62. The molecule has 0 saturated heterocycles. The summed E-state index contributed by atoms with van der Waals surface area (Å²) in [5, 5.41) is 17.2. The summed E-state index contributed by atoms with van der Waals surface area (Å²) in [6.07, 6.45) is 1.98. The number of nitrogens with two attached hydrogens (primary N) is 3. The number of primary amides is 1. The maximum absolute atomic E-state index is 13.7. The molecule has 2 aromatic rings. The molecule has 0 spiro atoms. The third-order valence-electron chi connectivity index (χ3n) is 9.95. The smallest absolute Gasteiger partial charge is 0.262 e. The van der Waals surface area contributed by atoms with Crippen LogP contribution in [0.3, 0.4) is 0 Å². The second-order valence-corrected chi connectivity index (χ2v) is 17.0. The topological polar surface area (TPSA) is 282 Å². The fourth-order valence-electron chi connectivity index (χ4n) is 6.24. The highest BCUT2D eigenvalue weighted by Gasteiger charge is 2.33. The van der Waals surface area contributed by atoms with Crippen molar-refractivity contribution < 1.29 is 33.6 Å². The van der Waals surface area contributed by atoms with Gasteiger partial charge in [0.1, 0.15) is 30.2 Å². The van der Waals surface area contributed by atoms with Gasteiger partial charge in [-0.15, -0.1) is 11.3 Å². The highest BCUT2D eigenvalue weighted by atomic mass is 32.1. The number of thiophene rings is 1. The van der Waals surface area contributed by atoms with Gasteiger partial charge in [0.05, 0.1) is 11.4 Å². The van der Waals surface area contributed by atoms with Crippen molar-refractivity contribution >= 4 is 68.7 Å². The summed E-state index contributed by atoms with van der Waals surface area (Å²) in [7, 11) is 0. The fraction of sp³-hybridized carbons (Fsp3) is 0.610. The first-order chi connectivity index (χ1) is 27.8. The molecule has 1 heterocycles. The van der Waals surface area contributed by atoms with Crippen LogP contribution in [0.4, 0.5) is 0 Å². The lowest BCUT2D eigenvalue weighted by atomic mass is 9.96. The predicted molar refractivity (Wildman–Crippen MR) is 231 cm³/mol. The molecule has 7 atom stereocenters. The van der Waals surface area contributed by atoms with Crippen molar-refractivity contribution in [1.82, 2.24) is 31.9 Å². The van der Waals surface area contributed by atoms with E-state index in [2.05, 4.69) is 36.9 Å². The number of nitrogens with zero attached hydrogens (tertiary/aromatic N) is 1. The van der Waals surface area contributed by atoms with Gasteiger partial charge in [-0.2, -0.15) is 0 Å². The number of rotatable bonds is 25. The van der Waals surface area contributed by atoms with E-state index in [9.17, 15) is 33.6 Å². The molecule has 0 aliphatic heterocycles. The van der Waals surface area contributed by atoms with Crippen LogP contribution in [0.15, 0.2) is 35.3 Å². The van der Waals surface area contributed by atoms with Crippen molar-refractivity contribution in [2.75, 3.05) is 13.1 Å². The molecule has 0 unspecified atom stereocenters. The molecule has 7 amide bonds. The quantitative estimate of drug-likeness (QED) is 0.0400. The number of nitrogens with one attached hydrogen (secondary N) is 6. The van der Waals surface area contributed by atoms with Gasteiger partial charge in [0, 0.05) is 11.2 Å². The Labute approximate surface area is 351 Å². The van der Waals surface area contributed by atoms with Crippen molar-refractivity contribution in [1.29, 1.82) is 0 Å². The molecular formula is C41H66N10O7S. The lowest BCUT2D eigenvalue weighted by molar-refractivity contribution is -0.134. The summed E-state index contributed by atoms with van der Waals surface area (Å²) in [6, 6.07) is 4.20. The van der Waals surface area contributed by atoms with Crippen molar-refractivity contribution in [3.8, 4) is 0 Å². The summed E-state index contributed by atoms with van der Waals surface area (Å²) < 4.78 is 0.938.